The predicted molar refractivity (Wildman–Crippen MR) is 110 cm³/mol. The molecule has 1 aliphatic heterocycles. The highest BCUT2D eigenvalue weighted by atomic mass is 79.9. The minimum atomic E-state index is -0.591. The van der Waals surface area contributed by atoms with Gasteiger partial charge in [0.15, 0.2) is 6.19 Å². The fourth-order valence-corrected chi connectivity index (χ4v) is 3.07. The molecule has 0 radical (unpaired) electrons. The average Bonchev–Trinajstić information content (AvgIpc) is 2.68. The molecule has 0 saturated heterocycles. The van der Waals surface area contributed by atoms with E-state index in [-0.39, 0.29) is 23.0 Å². The average molecular weight is 441 g/mol. The highest BCUT2D eigenvalue weighted by molar-refractivity contribution is 9.09. The molecule has 6 N–H and O–H groups in total. The number of alkyl halides is 1. The number of nitrogens with zero attached hydrogens (tertiary/aromatic N) is 4. The molecule has 28 heavy (non-hydrogen) atoms. The van der Waals surface area contributed by atoms with Crippen molar-refractivity contribution in [2.75, 3.05) is 28.7 Å². The van der Waals surface area contributed by atoms with Gasteiger partial charge in [-0.2, -0.15) is 10.5 Å². The number of pyridine rings is 1. The molecule has 3 rings (SSSR count). The summed E-state index contributed by atoms with van der Waals surface area (Å²) in [5, 5.41) is 24.5. The Hall–Kier alpha value is -3.50. The lowest BCUT2D eigenvalue weighted by Gasteiger charge is -2.26. The second-order valence-corrected chi connectivity index (χ2v) is 6.66. The molecule has 1 unspecified atom stereocenters. The summed E-state index contributed by atoms with van der Waals surface area (Å²) in [4.78, 5) is 8.76. The summed E-state index contributed by atoms with van der Waals surface area (Å²) in [6, 6.07) is 8.81. The van der Waals surface area contributed by atoms with E-state index in [0.29, 0.717) is 23.7 Å². The lowest BCUT2D eigenvalue weighted by atomic mass is 9.95. The van der Waals surface area contributed by atoms with Crippen molar-refractivity contribution in [2.45, 2.75) is 12.5 Å². The van der Waals surface area contributed by atoms with Gasteiger partial charge < -0.3 is 21.5 Å². The molecule has 1 aromatic carbocycles. The Bertz CT molecular complexity index is 1010. The topological polar surface area (TPSA) is 158 Å². The molecule has 142 valence electrons. The van der Waals surface area contributed by atoms with Gasteiger partial charge in [0.1, 0.15) is 35.1 Å². The van der Waals surface area contributed by atoms with Gasteiger partial charge in [0, 0.05) is 10.9 Å². The van der Waals surface area contributed by atoms with Gasteiger partial charge in [-0.25, -0.2) is 9.98 Å². The van der Waals surface area contributed by atoms with E-state index in [4.69, 9.17) is 21.5 Å². The zero-order chi connectivity index (χ0) is 20.1. The Morgan fingerprint density at radius 1 is 1.32 bits per heavy atom. The standard InChI is InChI=1S/C18H17BrN8O/c19-5-2-6-28-11-4-1-3-10(7-11)15-13-14(22)12(8-20)16(23)26-17(13)27-18(25-15)24-9-21/h1,3-4,7,15H,2,5-6H2,(H6,22,23,24,25,26,27). The molecule has 0 saturated carbocycles. The third-order valence-corrected chi connectivity index (χ3v) is 4.64. The van der Waals surface area contributed by atoms with Crippen molar-refractivity contribution in [1.29, 1.82) is 10.5 Å². The van der Waals surface area contributed by atoms with Crippen LogP contribution in [-0.4, -0.2) is 22.9 Å². The summed E-state index contributed by atoms with van der Waals surface area (Å²) >= 11 is 3.37. The Morgan fingerprint density at radius 2 is 2.14 bits per heavy atom. The van der Waals surface area contributed by atoms with Gasteiger partial charge in [0.2, 0.25) is 5.96 Å². The number of hydrogen-bond acceptors (Lipinski definition) is 9. The Labute approximate surface area is 170 Å². The molecular formula is C18H17BrN8O. The monoisotopic (exact) mass is 440 g/mol. The molecule has 9 nitrogen and oxygen atoms in total. The van der Waals surface area contributed by atoms with Gasteiger partial charge >= 0.3 is 0 Å². The Kier molecular flexibility index (Phi) is 5.82. The van der Waals surface area contributed by atoms with Gasteiger partial charge in [-0.15, -0.1) is 0 Å². The molecule has 2 aromatic rings. The number of hydrogen-bond donors (Lipinski definition) is 4. The van der Waals surface area contributed by atoms with Crippen molar-refractivity contribution in [3.8, 4) is 18.0 Å². The first-order valence-corrected chi connectivity index (χ1v) is 9.48. The molecule has 1 aromatic heterocycles. The van der Waals surface area contributed by atoms with Crippen LogP contribution in [0.4, 0.5) is 17.3 Å². The van der Waals surface area contributed by atoms with Crippen molar-refractivity contribution in [3.05, 3.63) is 41.0 Å². The zero-order valence-corrected chi connectivity index (χ0v) is 16.3. The fourth-order valence-electron chi connectivity index (χ4n) is 2.84. The summed E-state index contributed by atoms with van der Waals surface area (Å²) in [6.07, 6.45) is 2.69. The number of halogens is 1. The number of nitriles is 2. The molecule has 2 heterocycles. The molecule has 1 atom stereocenters. The number of nitrogens with one attached hydrogen (secondary N) is 2. The van der Waals surface area contributed by atoms with E-state index < -0.39 is 6.04 Å². The van der Waals surface area contributed by atoms with Crippen molar-refractivity contribution in [1.82, 2.24) is 10.3 Å². The van der Waals surface area contributed by atoms with Gasteiger partial charge in [-0.3, -0.25) is 5.32 Å². The molecule has 0 amide bonds. The summed E-state index contributed by atoms with van der Waals surface area (Å²) in [5.74, 6) is 1.25. The maximum atomic E-state index is 9.37. The van der Waals surface area contributed by atoms with E-state index in [0.717, 1.165) is 17.3 Å². The van der Waals surface area contributed by atoms with Crippen molar-refractivity contribution < 1.29 is 4.74 Å². The van der Waals surface area contributed by atoms with Crippen LogP contribution in [0.5, 0.6) is 5.75 Å². The highest BCUT2D eigenvalue weighted by Gasteiger charge is 2.29. The maximum Gasteiger partial charge on any atom is 0.211 e. The number of aromatic nitrogens is 1. The highest BCUT2D eigenvalue weighted by Crippen LogP contribution is 2.41. The van der Waals surface area contributed by atoms with Crippen molar-refractivity contribution >= 4 is 39.2 Å². The number of ether oxygens (including phenoxy) is 1. The summed E-state index contributed by atoms with van der Waals surface area (Å²) in [5.41, 5.74) is 13.7. The van der Waals surface area contributed by atoms with E-state index in [9.17, 15) is 5.26 Å². The quantitative estimate of drug-likeness (QED) is 0.238. The SMILES string of the molecule is N#CNC1=NC(c2cccc(OCCCBr)c2)c2c(nc(N)c(C#N)c2N)N1. The first-order chi connectivity index (χ1) is 13.6. The van der Waals surface area contributed by atoms with Crippen LogP contribution in [0.15, 0.2) is 29.3 Å². The van der Waals surface area contributed by atoms with E-state index in [1.807, 2.05) is 36.5 Å². The van der Waals surface area contributed by atoms with Crippen LogP contribution in [0.2, 0.25) is 0 Å². The number of benzene rings is 1. The number of rotatable bonds is 5. The minimum Gasteiger partial charge on any atom is -0.494 e. The lowest BCUT2D eigenvalue weighted by molar-refractivity contribution is 0.318. The molecule has 1 aliphatic rings. The van der Waals surface area contributed by atoms with Crippen LogP contribution in [0.1, 0.15) is 29.2 Å². The number of guanidine groups is 1. The van der Waals surface area contributed by atoms with Gasteiger partial charge in [-0.05, 0) is 24.1 Å². The fraction of sp³-hybridized carbons (Fsp3) is 0.222. The van der Waals surface area contributed by atoms with Crippen LogP contribution >= 0.6 is 15.9 Å². The van der Waals surface area contributed by atoms with Crippen LogP contribution in [-0.2, 0) is 0 Å². The van der Waals surface area contributed by atoms with E-state index in [2.05, 4.69) is 36.5 Å². The summed E-state index contributed by atoms with van der Waals surface area (Å²) in [6.45, 7) is 0.570. The van der Waals surface area contributed by atoms with Gasteiger partial charge in [-0.1, -0.05) is 28.1 Å². The van der Waals surface area contributed by atoms with Gasteiger partial charge in [0.05, 0.1) is 12.3 Å². The van der Waals surface area contributed by atoms with Crippen LogP contribution in [0, 0.1) is 22.8 Å². The molecule has 0 aliphatic carbocycles. The van der Waals surface area contributed by atoms with Crippen LogP contribution in [0.3, 0.4) is 0 Å². The molecule has 0 fully saturated rings. The van der Waals surface area contributed by atoms with E-state index in [1.54, 1.807) is 0 Å². The number of nitrogen functional groups attached to an aromatic ring is 2. The number of nitrogens with two attached hydrogens (primary N) is 2. The maximum absolute atomic E-state index is 9.37. The number of anilines is 3. The van der Waals surface area contributed by atoms with Gasteiger partial charge in [0.25, 0.3) is 0 Å². The number of fused-ring (bicyclic) bond motifs is 1. The molecule has 10 heteroatoms. The predicted octanol–water partition coefficient (Wildman–Crippen LogP) is 2.22. The molecular weight excluding hydrogens is 424 g/mol. The zero-order valence-electron chi connectivity index (χ0n) is 14.7. The largest absolute Gasteiger partial charge is 0.494 e. The molecule has 0 spiro atoms. The first kappa shape index (κ1) is 19.3. The minimum absolute atomic E-state index is 0.00932. The second kappa shape index (κ2) is 8.46. The normalized spacial score (nSPS) is 14.7. The van der Waals surface area contributed by atoms with Crippen molar-refractivity contribution in [3.63, 3.8) is 0 Å². The number of aliphatic imine (C=N–C) groups is 1. The lowest BCUT2D eigenvalue weighted by Crippen LogP contribution is -2.32. The summed E-state index contributed by atoms with van der Waals surface area (Å²) < 4.78 is 5.75. The van der Waals surface area contributed by atoms with Crippen molar-refractivity contribution in [2.24, 2.45) is 4.99 Å². The third-order valence-electron chi connectivity index (χ3n) is 4.08. The first-order valence-electron chi connectivity index (χ1n) is 8.36. The van der Waals surface area contributed by atoms with Crippen LogP contribution < -0.4 is 26.8 Å². The Morgan fingerprint density at radius 3 is 2.86 bits per heavy atom. The summed E-state index contributed by atoms with van der Waals surface area (Å²) in [7, 11) is 0. The Balaban J connectivity index is 2.09. The second-order valence-electron chi connectivity index (χ2n) is 5.87. The smallest absolute Gasteiger partial charge is 0.211 e. The molecule has 0 bridgehead atoms. The van der Waals surface area contributed by atoms with Crippen LogP contribution in [0.25, 0.3) is 0 Å². The van der Waals surface area contributed by atoms with E-state index >= 15 is 0 Å². The van der Waals surface area contributed by atoms with E-state index in [1.165, 1.54) is 0 Å². The third kappa shape index (κ3) is 3.77.